The Kier molecular flexibility index (Phi) is 4.13. The van der Waals surface area contributed by atoms with Gasteiger partial charge in [0.2, 0.25) is 0 Å². The zero-order valence-electron chi connectivity index (χ0n) is 12.4. The number of aryl methyl sites for hydroxylation is 2. The van der Waals surface area contributed by atoms with Gasteiger partial charge in [0.1, 0.15) is 5.82 Å². The van der Waals surface area contributed by atoms with Crippen LogP contribution in [0.15, 0.2) is 12.1 Å². The van der Waals surface area contributed by atoms with Gasteiger partial charge in [-0.3, -0.25) is 4.79 Å². The lowest BCUT2D eigenvalue weighted by Gasteiger charge is -2.26. The standard InChI is InChI=1S/C14H15F3N4OS/c1-8-2-4-10(23-8)13(22)18-6-12-20-19-11-5-3-9(7-21(11)12)14(15,16)17/h2,4,9H,3,5-7H2,1H3,(H,18,22)/t9-/m0/s1. The van der Waals surface area contributed by atoms with Gasteiger partial charge in [0.25, 0.3) is 5.91 Å². The number of hydrogen-bond acceptors (Lipinski definition) is 4. The molecule has 0 saturated carbocycles. The van der Waals surface area contributed by atoms with Gasteiger partial charge in [0.15, 0.2) is 5.82 Å². The molecule has 0 aromatic carbocycles. The SMILES string of the molecule is Cc1ccc(C(=O)NCc2nnc3n2C[C@@H](C(F)(F)F)CC3)s1. The summed E-state index contributed by atoms with van der Waals surface area (Å²) in [5.41, 5.74) is 0. The Morgan fingerprint density at radius 2 is 2.22 bits per heavy atom. The van der Waals surface area contributed by atoms with E-state index in [1.54, 1.807) is 6.07 Å². The highest BCUT2D eigenvalue weighted by molar-refractivity contribution is 7.13. The summed E-state index contributed by atoms with van der Waals surface area (Å²) in [6, 6.07) is 3.56. The molecular formula is C14H15F3N4OS. The van der Waals surface area contributed by atoms with Crippen LogP contribution in [-0.2, 0) is 19.5 Å². The average molecular weight is 344 g/mol. The first-order valence-electron chi connectivity index (χ1n) is 7.17. The molecule has 2 aromatic rings. The minimum atomic E-state index is -4.23. The number of nitrogens with zero attached hydrogens (tertiary/aromatic N) is 3. The largest absolute Gasteiger partial charge is 0.393 e. The molecule has 3 heterocycles. The normalized spacial score (nSPS) is 17.8. The highest BCUT2D eigenvalue weighted by Gasteiger charge is 2.42. The molecule has 1 atom stereocenters. The molecule has 0 fully saturated rings. The van der Waals surface area contributed by atoms with Crippen LogP contribution in [-0.4, -0.2) is 26.8 Å². The predicted molar refractivity (Wildman–Crippen MR) is 78.1 cm³/mol. The monoisotopic (exact) mass is 344 g/mol. The van der Waals surface area contributed by atoms with E-state index in [1.165, 1.54) is 15.9 Å². The number of halogens is 3. The fourth-order valence-electron chi connectivity index (χ4n) is 2.58. The number of rotatable bonds is 3. The molecule has 2 aromatic heterocycles. The molecule has 1 aliphatic rings. The van der Waals surface area contributed by atoms with Crippen molar-refractivity contribution in [1.29, 1.82) is 0 Å². The summed E-state index contributed by atoms with van der Waals surface area (Å²) in [5.74, 6) is -0.749. The van der Waals surface area contributed by atoms with Crippen LogP contribution in [0.5, 0.6) is 0 Å². The molecule has 0 radical (unpaired) electrons. The van der Waals surface area contributed by atoms with Gasteiger partial charge in [-0.2, -0.15) is 13.2 Å². The highest BCUT2D eigenvalue weighted by atomic mass is 32.1. The van der Waals surface area contributed by atoms with Gasteiger partial charge in [-0.25, -0.2) is 0 Å². The summed E-state index contributed by atoms with van der Waals surface area (Å²) in [7, 11) is 0. The number of nitrogens with one attached hydrogen (secondary N) is 1. The molecule has 5 nitrogen and oxygen atoms in total. The van der Waals surface area contributed by atoms with E-state index in [1.807, 2.05) is 13.0 Å². The number of alkyl halides is 3. The second kappa shape index (κ2) is 5.95. The van der Waals surface area contributed by atoms with Gasteiger partial charge in [-0.15, -0.1) is 21.5 Å². The van der Waals surface area contributed by atoms with Crippen molar-refractivity contribution in [3.8, 4) is 0 Å². The van der Waals surface area contributed by atoms with Crippen molar-refractivity contribution in [2.75, 3.05) is 0 Å². The Labute approximate surface area is 134 Å². The van der Waals surface area contributed by atoms with Crippen LogP contribution < -0.4 is 5.32 Å². The van der Waals surface area contributed by atoms with Crippen LogP contribution in [0.4, 0.5) is 13.2 Å². The molecule has 3 rings (SSSR count). The number of thiophene rings is 1. The van der Waals surface area contributed by atoms with E-state index in [4.69, 9.17) is 0 Å². The lowest BCUT2D eigenvalue weighted by Crippen LogP contribution is -2.33. The van der Waals surface area contributed by atoms with Crippen LogP contribution in [0.2, 0.25) is 0 Å². The number of hydrogen-bond donors (Lipinski definition) is 1. The lowest BCUT2D eigenvalue weighted by molar-refractivity contribution is -0.182. The smallest absolute Gasteiger partial charge is 0.344 e. The summed E-state index contributed by atoms with van der Waals surface area (Å²) in [6.45, 7) is 1.77. The third-order valence-electron chi connectivity index (χ3n) is 3.86. The summed E-state index contributed by atoms with van der Waals surface area (Å²) >= 11 is 1.36. The number of aromatic nitrogens is 3. The predicted octanol–water partition coefficient (Wildman–Crippen LogP) is 2.70. The molecular weight excluding hydrogens is 329 g/mol. The molecule has 1 amide bonds. The Morgan fingerprint density at radius 3 is 2.87 bits per heavy atom. The first-order chi connectivity index (χ1) is 10.8. The molecule has 124 valence electrons. The van der Waals surface area contributed by atoms with Crippen molar-refractivity contribution >= 4 is 17.2 Å². The molecule has 9 heteroatoms. The minimum absolute atomic E-state index is 0.0302. The van der Waals surface area contributed by atoms with Gasteiger partial charge >= 0.3 is 6.18 Å². The van der Waals surface area contributed by atoms with Crippen molar-refractivity contribution in [3.63, 3.8) is 0 Å². The van der Waals surface area contributed by atoms with Crippen LogP contribution in [0.1, 0.15) is 32.6 Å². The second-order valence-electron chi connectivity index (χ2n) is 5.51. The average Bonchev–Trinajstić information content (AvgIpc) is 3.09. The zero-order valence-corrected chi connectivity index (χ0v) is 13.2. The van der Waals surface area contributed by atoms with Crippen molar-refractivity contribution in [3.05, 3.63) is 33.5 Å². The Hall–Kier alpha value is -1.90. The van der Waals surface area contributed by atoms with Gasteiger partial charge < -0.3 is 9.88 Å². The van der Waals surface area contributed by atoms with Gasteiger partial charge in [0.05, 0.1) is 17.3 Å². The van der Waals surface area contributed by atoms with Crippen LogP contribution >= 0.6 is 11.3 Å². The minimum Gasteiger partial charge on any atom is -0.344 e. The first kappa shape index (κ1) is 16.0. The third kappa shape index (κ3) is 3.39. The van der Waals surface area contributed by atoms with Gasteiger partial charge in [-0.1, -0.05) is 0 Å². The summed E-state index contributed by atoms with van der Waals surface area (Å²) in [6.07, 6.45) is -3.95. The fourth-order valence-corrected chi connectivity index (χ4v) is 3.37. The Balaban J connectivity index is 1.68. The van der Waals surface area contributed by atoms with Crippen molar-refractivity contribution in [2.45, 2.75) is 39.0 Å². The van der Waals surface area contributed by atoms with Gasteiger partial charge in [-0.05, 0) is 25.5 Å². The summed E-state index contributed by atoms with van der Waals surface area (Å²) in [4.78, 5) is 13.6. The molecule has 0 saturated heterocycles. The zero-order chi connectivity index (χ0) is 16.6. The summed E-state index contributed by atoms with van der Waals surface area (Å²) < 4.78 is 40.1. The van der Waals surface area contributed by atoms with E-state index in [2.05, 4.69) is 15.5 Å². The molecule has 0 aliphatic carbocycles. The topological polar surface area (TPSA) is 59.8 Å². The van der Waals surface area contributed by atoms with Crippen molar-refractivity contribution in [1.82, 2.24) is 20.1 Å². The number of amides is 1. The van der Waals surface area contributed by atoms with Crippen molar-refractivity contribution in [2.24, 2.45) is 5.92 Å². The lowest BCUT2D eigenvalue weighted by atomic mass is 9.99. The fraction of sp³-hybridized carbons (Fsp3) is 0.500. The van der Waals surface area contributed by atoms with Crippen LogP contribution in [0, 0.1) is 12.8 Å². The van der Waals surface area contributed by atoms with Crippen LogP contribution in [0.3, 0.4) is 0 Å². The molecule has 1 aliphatic heterocycles. The van der Waals surface area contributed by atoms with Crippen LogP contribution in [0.25, 0.3) is 0 Å². The maximum Gasteiger partial charge on any atom is 0.393 e. The maximum atomic E-state index is 12.9. The molecule has 0 unspecified atom stereocenters. The number of fused-ring (bicyclic) bond motifs is 1. The quantitative estimate of drug-likeness (QED) is 0.931. The number of carbonyl (C=O) groups excluding carboxylic acids is 1. The molecule has 0 spiro atoms. The maximum absolute atomic E-state index is 12.9. The van der Waals surface area contributed by atoms with E-state index in [0.717, 1.165) is 4.88 Å². The van der Waals surface area contributed by atoms with E-state index in [0.29, 0.717) is 16.5 Å². The summed E-state index contributed by atoms with van der Waals surface area (Å²) in [5, 5.41) is 10.5. The molecule has 0 bridgehead atoms. The first-order valence-corrected chi connectivity index (χ1v) is 7.98. The van der Waals surface area contributed by atoms with Crippen molar-refractivity contribution < 1.29 is 18.0 Å². The Bertz CT molecular complexity index is 722. The number of carbonyl (C=O) groups is 1. The van der Waals surface area contributed by atoms with E-state index < -0.39 is 12.1 Å². The van der Waals surface area contributed by atoms with E-state index in [9.17, 15) is 18.0 Å². The highest BCUT2D eigenvalue weighted by Crippen LogP contribution is 2.34. The molecule has 23 heavy (non-hydrogen) atoms. The molecule has 1 N–H and O–H groups in total. The Morgan fingerprint density at radius 1 is 1.43 bits per heavy atom. The van der Waals surface area contributed by atoms with Gasteiger partial charge in [0, 0.05) is 17.8 Å². The third-order valence-corrected chi connectivity index (χ3v) is 4.86. The van der Waals surface area contributed by atoms with E-state index >= 15 is 0 Å². The second-order valence-corrected chi connectivity index (χ2v) is 6.80. The van der Waals surface area contributed by atoms with E-state index in [-0.39, 0.29) is 31.8 Å².